The minimum atomic E-state index is -4.63. The fourth-order valence-electron chi connectivity index (χ4n) is 2.19. The van der Waals surface area contributed by atoms with Crippen LogP contribution in [0, 0.1) is 0 Å². The van der Waals surface area contributed by atoms with Gasteiger partial charge in [0.25, 0.3) is 10.0 Å². The minimum Gasteiger partial charge on any atom is -0.326 e. The van der Waals surface area contributed by atoms with Gasteiger partial charge in [0.2, 0.25) is 5.91 Å². The van der Waals surface area contributed by atoms with E-state index < -0.39 is 32.7 Å². The highest BCUT2D eigenvalue weighted by atomic mass is 35.5. The van der Waals surface area contributed by atoms with Crippen molar-refractivity contribution in [1.29, 1.82) is 0 Å². The average Bonchev–Trinajstić information content (AvgIpc) is 3.10. The van der Waals surface area contributed by atoms with E-state index in [1.54, 1.807) is 11.4 Å². The van der Waals surface area contributed by atoms with Crippen LogP contribution < -0.4 is 5.32 Å². The van der Waals surface area contributed by atoms with Crippen LogP contribution in [0.2, 0.25) is 5.02 Å². The first-order valence-corrected chi connectivity index (χ1v) is 10.4. The molecule has 27 heavy (non-hydrogen) atoms. The SMILES string of the molecule is CN(CCCC(=O)Nc1ccc(Cl)c(C(F)(F)F)c1)S(=O)(=O)c1cccs1. The molecule has 0 radical (unpaired) electrons. The van der Waals surface area contributed by atoms with Crippen molar-refractivity contribution < 1.29 is 26.4 Å². The number of halogens is 4. The first kappa shape index (κ1) is 21.7. The summed E-state index contributed by atoms with van der Waals surface area (Å²) in [5, 5.41) is 3.55. The van der Waals surface area contributed by atoms with Gasteiger partial charge in [-0.25, -0.2) is 12.7 Å². The zero-order chi connectivity index (χ0) is 20.2. The highest BCUT2D eigenvalue weighted by Crippen LogP contribution is 2.36. The molecule has 0 unspecified atom stereocenters. The van der Waals surface area contributed by atoms with Gasteiger partial charge in [0.1, 0.15) is 4.21 Å². The second-order valence-electron chi connectivity index (χ2n) is 5.60. The molecule has 0 aliphatic rings. The summed E-state index contributed by atoms with van der Waals surface area (Å²) in [4.78, 5) is 11.9. The van der Waals surface area contributed by atoms with Gasteiger partial charge in [-0.2, -0.15) is 13.2 Å². The number of thiophene rings is 1. The maximum Gasteiger partial charge on any atom is 0.417 e. The first-order chi connectivity index (χ1) is 12.5. The van der Waals surface area contributed by atoms with E-state index in [0.717, 1.165) is 27.8 Å². The molecule has 0 bridgehead atoms. The Kier molecular flexibility index (Phi) is 6.90. The van der Waals surface area contributed by atoms with Gasteiger partial charge in [0, 0.05) is 25.7 Å². The predicted molar refractivity (Wildman–Crippen MR) is 98.5 cm³/mol. The number of rotatable bonds is 7. The molecule has 148 valence electrons. The third-order valence-corrected chi connectivity index (χ3v) is 7.15. The zero-order valence-electron chi connectivity index (χ0n) is 14.1. The Hall–Kier alpha value is -1.62. The van der Waals surface area contributed by atoms with Crippen molar-refractivity contribution in [3.63, 3.8) is 0 Å². The molecule has 1 heterocycles. The number of hydrogen-bond acceptors (Lipinski definition) is 4. The van der Waals surface area contributed by atoms with E-state index in [1.807, 2.05) is 0 Å². The maximum absolute atomic E-state index is 12.8. The van der Waals surface area contributed by atoms with Gasteiger partial charge in [-0.15, -0.1) is 11.3 Å². The van der Waals surface area contributed by atoms with E-state index in [1.165, 1.54) is 19.2 Å². The van der Waals surface area contributed by atoms with Crippen molar-refractivity contribution in [1.82, 2.24) is 4.31 Å². The minimum absolute atomic E-state index is 0.0312. The van der Waals surface area contributed by atoms with Gasteiger partial charge in [-0.3, -0.25) is 4.79 Å². The molecule has 0 atom stereocenters. The van der Waals surface area contributed by atoms with Crippen LogP contribution in [0.25, 0.3) is 0 Å². The molecule has 1 aromatic heterocycles. The molecule has 0 saturated carbocycles. The lowest BCUT2D eigenvalue weighted by Crippen LogP contribution is -2.28. The molecule has 0 fully saturated rings. The Bertz CT molecular complexity index is 900. The van der Waals surface area contributed by atoms with Crippen molar-refractivity contribution >= 4 is 44.6 Å². The molecule has 0 spiro atoms. The number of sulfonamides is 1. The van der Waals surface area contributed by atoms with Gasteiger partial charge in [0.15, 0.2) is 0 Å². The van der Waals surface area contributed by atoms with Crippen molar-refractivity contribution in [2.75, 3.05) is 18.9 Å². The molecule has 1 aromatic carbocycles. The lowest BCUT2D eigenvalue weighted by Gasteiger charge is -2.16. The normalized spacial score (nSPS) is 12.4. The lowest BCUT2D eigenvalue weighted by molar-refractivity contribution is -0.137. The summed E-state index contributed by atoms with van der Waals surface area (Å²) in [5.41, 5.74) is -1.07. The van der Waals surface area contributed by atoms with E-state index in [0.29, 0.717) is 0 Å². The smallest absolute Gasteiger partial charge is 0.326 e. The topological polar surface area (TPSA) is 66.5 Å². The van der Waals surface area contributed by atoms with Crippen LogP contribution in [0.3, 0.4) is 0 Å². The van der Waals surface area contributed by atoms with Crippen LogP contribution in [-0.4, -0.2) is 32.2 Å². The molecule has 2 rings (SSSR count). The van der Waals surface area contributed by atoms with E-state index >= 15 is 0 Å². The number of carbonyl (C=O) groups excluding carboxylic acids is 1. The molecule has 2 aromatic rings. The summed E-state index contributed by atoms with van der Waals surface area (Å²) in [6.45, 7) is 0.0993. The van der Waals surface area contributed by atoms with Crippen LogP contribution in [0.15, 0.2) is 39.9 Å². The summed E-state index contributed by atoms with van der Waals surface area (Å²) in [6.07, 6.45) is -4.46. The number of nitrogens with zero attached hydrogens (tertiary/aromatic N) is 1. The Morgan fingerprint density at radius 2 is 2.00 bits per heavy atom. The molecule has 0 saturated heterocycles. The second-order valence-corrected chi connectivity index (χ2v) is 9.23. The molecule has 1 N–H and O–H groups in total. The lowest BCUT2D eigenvalue weighted by atomic mass is 10.2. The molecule has 11 heteroatoms. The van der Waals surface area contributed by atoms with Crippen molar-refractivity contribution in [2.45, 2.75) is 23.2 Å². The second kappa shape index (κ2) is 8.59. The van der Waals surface area contributed by atoms with Crippen LogP contribution in [0.5, 0.6) is 0 Å². The molecule has 1 amide bonds. The highest BCUT2D eigenvalue weighted by molar-refractivity contribution is 7.91. The summed E-state index contributed by atoms with van der Waals surface area (Å²) < 4.78 is 64.3. The van der Waals surface area contributed by atoms with Crippen LogP contribution in [0.1, 0.15) is 18.4 Å². The van der Waals surface area contributed by atoms with Gasteiger partial charge in [-0.1, -0.05) is 17.7 Å². The highest BCUT2D eigenvalue weighted by Gasteiger charge is 2.33. The number of alkyl halides is 3. The monoisotopic (exact) mass is 440 g/mol. The third-order valence-electron chi connectivity index (χ3n) is 3.59. The number of hydrogen-bond donors (Lipinski definition) is 1. The quantitative estimate of drug-likeness (QED) is 0.691. The predicted octanol–water partition coefficient (Wildman–Crippen LogP) is 4.46. The summed E-state index contributed by atoms with van der Waals surface area (Å²) in [5.74, 6) is -0.521. The molecule has 5 nitrogen and oxygen atoms in total. The number of amides is 1. The standard InChI is InChI=1S/C16H16ClF3N2O3S2/c1-22(27(24,25)15-5-3-9-26-15)8-2-4-14(23)21-11-6-7-13(17)12(10-11)16(18,19)20/h3,5-7,9-10H,2,4,8H2,1H3,(H,21,23). The molecule has 0 aliphatic heterocycles. The summed E-state index contributed by atoms with van der Waals surface area (Å²) in [7, 11) is -2.19. The third kappa shape index (κ3) is 5.68. The molecular weight excluding hydrogens is 425 g/mol. The fraction of sp³-hybridized carbons (Fsp3) is 0.312. The Morgan fingerprint density at radius 1 is 1.30 bits per heavy atom. The Morgan fingerprint density at radius 3 is 2.59 bits per heavy atom. The van der Waals surface area contributed by atoms with E-state index in [2.05, 4.69) is 5.32 Å². The van der Waals surface area contributed by atoms with E-state index in [9.17, 15) is 26.4 Å². The Balaban J connectivity index is 1.90. The largest absolute Gasteiger partial charge is 0.417 e. The fourth-order valence-corrected chi connectivity index (χ4v) is 4.83. The molecular formula is C16H16ClF3N2O3S2. The molecule has 0 aliphatic carbocycles. The van der Waals surface area contributed by atoms with Crippen molar-refractivity contribution in [3.05, 3.63) is 46.3 Å². The van der Waals surface area contributed by atoms with Crippen LogP contribution in [-0.2, 0) is 21.0 Å². The average molecular weight is 441 g/mol. The number of anilines is 1. The summed E-state index contributed by atoms with van der Waals surface area (Å²) in [6, 6.07) is 6.19. The number of benzene rings is 1. The van der Waals surface area contributed by atoms with Crippen LogP contribution >= 0.6 is 22.9 Å². The van der Waals surface area contributed by atoms with Gasteiger partial charge in [0.05, 0.1) is 10.6 Å². The number of carbonyl (C=O) groups is 1. The van der Waals surface area contributed by atoms with E-state index in [-0.39, 0.29) is 29.3 Å². The van der Waals surface area contributed by atoms with Crippen LogP contribution in [0.4, 0.5) is 18.9 Å². The van der Waals surface area contributed by atoms with Crippen molar-refractivity contribution in [3.8, 4) is 0 Å². The van der Waals surface area contributed by atoms with E-state index in [4.69, 9.17) is 11.6 Å². The first-order valence-electron chi connectivity index (χ1n) is 7.68. The maximum atomic E-state index is 12.8. The zero-order valence-corrected chi connectivity index (χ0v) is 16.5. The summed E-state index contributed by atoms with van der Waals surface area (Å²) >= 11 is 6.62. The van der Waals surface area contributed by atoms with Gasteiger partial charge >= 0.3 is 6.18 Å². The number of nitrogens with one attached hydrogen (secondary N) is 1. The van der Waals surface area contributed by atoms with Gasteiger partial charge in [-0.05, 0) is 36.1 Å². The van der Waals surface area contributed by atoms with Gasteiger partial charge < -0.3 is 5.32 Å². The van der Waals surface area contributed by atoms with Crippen molar-refractivity contribution in [2.24, 2.45) is 0 Å². The Labute approximate surface area is 163 Å².